The van der Waals surface area contributed by atoms with Crippen molar-refractivity contribution in [3.63, 3.8) is 0 Å². The third-order valence-electron chi connectivity index (χ3n) is 7.20. The van der Waals surface area contributed by atoms with Crippen LogP contribution in [0.2, 0.25) is 0 Å². The van der Waals surface area contributed by atoms with Crippen LogP contribution in [0, 0.1) is 0 Å². The first-order chi connectivity index (χ1) is 20.1. The predicted octanol–water partition coefficient (Wildman–Crippen LogP) is 3.69. The van der Waals surface area contributed by atoms with E-state index in [0.29, 0.717) is 24.7 Å². The van der Waals surface area contributed by atoms with Gasteiger partial charge in [0.2, 0.25) is 5.91 Å². The topological polar surface area (TPSA) is 113 Å². The molecule has 0 radical (unpaired) electrons. The van der Waals surface area contributed by atoms with Crippen molar-refractivity contribution in [2.24, 2.45) is 0 Å². The first kappa shape index (κ1) is 29.1. The van der Waals surface area contributed by atoms with Crippen LogP contribution in [0.5, 0.6) is 5.75 Å². The van der Waals surface area contributed by atoms with E-state index in [2.05, 4.69) is 15.2 Å². The zero-order valence-corrected chi connectivity index (χ0v) is 24.5. The van der Waals surface area contributed by atoms with Gasteiger partial charge in [0.15, 0.2) is 5.82 Å². The van der Waals surface area contributed by atoms with Gasteiger partial charge in [-0.2, -0.15) is 0 Å². The minimum absolute atomic E-state index is 0.170. The number of piperazine rings is 1. The smallest absolute Gasteiger partial charge is 0.410 e. The second-order valence-electron chi connectivity index (χ2n) is 11.4. The largest absolute Gasteiger partial charge is 0.497 e. The maximum absolute atomic E-state index is 13.3. The molecule has 2 fully saturated rings. The van der Waals surface area contributed by atoms with Crippen LogP contribution in [0.1, 0.15) is 38.3 Å². The van der Waals surface area contributed by atoms with Gasteiger partial charge >= 0.3 is 12.1 Å². The fourth-order valence-corrected chi connectivity index (χ4v) is 4.90. The Labute approximate surface area is 245 Å². The minimum Gasteiger partial charge on any atom is -0.497 e. The summed E-state index contributed by atoms with van der Waals surface area (Å²) in [5, 5.41) is 8.46. The second-order valence-corrected chi connectivity index (χ2v) is 11.4. The molecule has 0 N–H and O–H groups in total. The maximum atomic E-state index is 13.3. The Morgan fingerprint density at radius 3 is 2.17 bits per heavy atom. The highest BCUT2D eigenvalue weighted by Crippen LogP contribution is 2.22. The van der Waals surface area contributed by atoms with Crippen LogP contribution in [0.15, 0.2) is 54.7 Å². The van der Waals surface area contributed by atoms with Gasteiger partial charge < -0.3 is 14.4 Å². The van der Waals surface area contributed by atoms with Gasteiger partial charge in [0.25, 0.3) is 0 Å². The second kappa shape index (κ2) is 12.2. The highest BCUT2D eigenvalue weighted by Gasteiger charge is 2.34. The number of rotatable bonds is 7. The van der Waals surface area contributed by atoms with Crippen LogP contribution in [-0.4, -0.2) is 93.2 Å². The van der Waals surface area contributed by atoms with Crippen molar-refractivity contribution in [1.29, 1.82) is 0 Å². The van der Waals surface area contributed by atoms with Gasteiger partial charge in [0.05, 0.1) is 25.5 Å². The highest BCUT2D eigenvalue weighted by molar-refractivity contribution is 6.05. The molecule has 3 heterocycles. The quantitative estimate of drug-likeness (QED) is 0.419. The number of amides is 4. The van der Waals surface area contributed by atoms with E-state index in [1.165, 1.54) is 9.80 Å². The average Bonchev–Trinajstić information content (AvgIpc) is 3.45. The number of anilines is 1. The first-order valence-electron chi connectivity index (χ1n) is 14.1. The number of carbonyl (C=O) groups is 3. The van der Waals surface area contributed by atoms with Crippen LogP contribution in [0.3, 0.4) is 0 Å². The lowest BCUT2D eigenvalue weighted by atomic mass is 10.1. The van der Waals surface area contributed by atoms with Crippen molar-refractivity contribution in [2.45, 2.75) is 45.9 Å². The number of nitrogens with zero attached hydrogens (tertiary/aromatic N) is 7. The number of carbonyl (C=O) groups excluding carboxylic acids is 3. The van der Waals surface area contributed by atoms with E-state index >= 15 is 0 Å². The van der Waals surface area contributed by atoms with Crippen molar-refractivity contribution in [2.75, 3.05) is 44.7 Å². The number of benzene rings is 2. The van der Waals surface area contributed by atoms with Crippen LogP contribution >= 0.6 is 0 Å². The molecule has 0 unspecified atom stereocenters. The van der Waals surface area contributed by atoms with E-state index in [4.69, 9.17) is 9.47 Å². The van der Waals surface area contributed by atoms with Crippen LogP contribution < -0.4 is 9.64 Å². The Morgan fingerprint density at radius 1 is 0.881 bits per heavy atom. The van der Waals surface area contributed by atoms with Crippen LogP contribution in [0.25, 0.3) is 5.69 Å². The van der Waals surface area contributed by atoms with Crippen molar-refractivity contribution >= 4 is 23.8 Å². The van der Waals surface area contributed by atoms with E-state index in [-0.39, 0.29) is 31.5 Å². The molecule has 0 bridgehead atoms. The molecule has 2 saturated heterocycles. The molecule has 0 aliphatic carbocycles. The summed E-state index contributed by atoms with van der Waals surface area (Å²) < 4.78 is 12.3. The van der Waals surface area contributed by atoms with Crippen molar-refractivity contribution in [3.05, 3.63) is 65.9 Å². The Hall–Kier alpha value is -4.45. The van der Waals surface area contributed by atoms with Gasteiger partial charge in [-0.25, -0.2) is 14.3 Å². The monoisotopic (exact) mass is 575 g/mol. The Bertz CT molecular complexity index is 1410. The minimum atomic E-state index is -0.499. The molecule has 0 atom stereocenters. The first-order valence-corrected chi connectivity index (χ1v) is 14.1. The predicted molar refractivity (Wildman–Crippen MR) is 155 cm³/mol. The molecule has 12 heteroatoms. The van der Waals surface area contributed by atoms with Crippen LogP contribution in [0.4, 0.5) is 15.4 Å². The molecule has 1 aromatic heterocycles. The lowest BCUT2D eigenvalue weighted by molar-refractivity contribution is -0.129. The van der Waals surface area contributed by atoms with E-state index in [1.807, 2.05) is 57.2 Å². The lowest BCUT2D eigenvalue weighted by Crippen LogP contribution is -2.52. The number of aromatic nitrogens is 3. The number of ether oxygens (including phenoxy) is 2. The summed E-state index contributed by atoms with van der Waals surface area (Å²) in [6.07, 6.45) is 1.64. The van der Waals surface area contributed by atoms with Gasteiger partial charge in [0, 0.05) is 45.7 Å². The fourth-order valence-electron chi connectivity index (χ4n) is 4.90. The van der Waals surface area contributed by atoms with Gasteiger partial charge in [-0.3, -0.25) is 19.5 Å². The SMILES string of the molecule is COc1ccc(CN2C(=O)CCN(c3cn(-c4ccc(CN5CCN(C(=O)OC(C)(C)C)CC5)cc4)nn3)C2=O)cc1. The van der Waals surface area contributed by atoms with Gasteiger partial charge in [-0.05, 0) is 56.2 Å². The zero-order chi connectivity index (χ0) is 29.9. The van der Waals surface area contributed by atoms with Crippen molar-refractivity contribution in [3.8, 4) is 11.4 Å². The molecule has 0 saturated carbocycles. The van der Waals surface area contributed by atoms with E-state index in [9.17, 15) is 14.4 Å². The Morgan fingerprint density at radius 2 is 1.52 bits per heavy atom. The van der Waals surface area contributed by atoms with Crippen molar-refractivity contribution < 1.29 is 23.9 Å². The van der Waals surface area contributed by atoms with Gasteiger partial charge in [-0.15, -0.1) is 5.10 Å². The molecule has 2 aliphatic heterocycles. The summed E-state index contributed by atoms with van der Waals surface area (Å²) in [7, 11) is 1.59. The fraction of sp³-hybridized carbons (Fsp3) is 0.433. The van der Waals surface area contributed by atoms with E-state index in [0.717, 1.165) is 36.4 Å². The number of urea groups is 1. The number of methoxy groups -OCH3 is 1. The normalized spacial score (nSPS) is 16.6. The van der Waals surface area contributed by atoms with Gasteiger partial charge in [-0.1, -0.05) is 29.5 Å². The van der Waals surface area contributed by atoms with Crippen molar-refractivity contribution in [1.82, 2.24) is 29.7 Å². The Balaban J connectivity index is 1.17. The summed E-state index contributed by atoms with van der Waals surface area (Å²) in [5.41, 5.74) is 2.28. The van der Waals surface area contributed by atoms with E-state index in [1.54, 1.807) is 35.0 Å². The molecule has 3 aromatic rings. The molecule has 12 nitrogen and oxygen atoms in total. The third kappa shape index (κ3) is 6.88. The molecule has 4 amide bonds. The van der Waals surface area contributed by atoms with E-state index < -0.39 is 11.6 Å². The van der Waals surface area contributed by atoms with Gasteiger partial charge in [0.1, 0.15) is 11.4 Å². The highest BCUT2D eigenvalue weighted by atomic mass is 16.6. The summed E-state index contributed by atoms with van der Waals surface area (Å²) in [6, 6.07) is 14.9. The molecule has 0 spiro atoms. The zero-order valence-electron chi connectivity index (χ0n) is 24.5. The van der Waals surface area contributed by atoms with Crippen LogP contribution in [-0.2, 0) is 22.6 Å². The summed E-state index contributed by atoms with van der Waals surface area (Å²) in [4.78, 5) is 45.0. The molecule has 2 aromatic carbocycles. The third-order valence-corrected chi connectivity index (χ3v) is 7.20. The summed E-state index contributed by atoms with van der Waals surface area (Å²) in [6.45, 7) is 9.62. The molecular weight excluding hydrogens is 538 g/mol. The number of hydrogen-bond donors (Lipinski definition) is 0. The molecular formula is C30H37N7O5. The summed E-state index contributed by atoms with van der Waals surface area (Å²) in [5.74, 6) is 0.875. The molecule has 2 aliphatic rings. The number of hydrogen-bond acceptors (Lipinski definition) is 8. The molecule has 222 valence electrons. The average molecular weight is 576 g/mol. The maximum Gasteiger partial charge on any atom is 0.410 e. The molecule has 42 heavy (non-hydrogen) atoms. The summed E-state index contributed by atoms with van der Waals surface area (Å²) >= 11 is 0. The number of imide groups is 1. The Kier molecular flexibility index (Phi) is 8.44. The molecule has 5 rings (SSSR count). The lowest BCUT2D eigenvalue weighted by Gasteiger charge is -2.35. The standard InChI is InChI=1S/C30H37N7O5/c1-30(2,3)42-29(40)34-17-15-33(16-18-34)19-22-5-9-24(10-6-22)37-21-26(31-32-37)35-14-13-27(38)36(28(35)39)20-23-7-11-25(41-4)12-8-23/h5-12,21H,13-20H2,1-4H3.